The molecular weight excluding hydrogens is 548 g/mol. The van der Waals surface area contributed by atoms with Crippen molar-refractivity contribution < 1.29 is 27.6 Å². The molecule has 1 aromatic carbocycles. The molecule has 1 aromatic heterocycles. The number of carbonyl (C=O) groups is 2. The Morgan fingerprint density at radius 2 is 1.89 bits per heavy atom. The van der Waals surface area contributed by atoms with Crippen molar-refractivity contribution in [2.45, 2.75) is 62.4 Å². The number of hydrogen-bond donors (Lipinski definition) is 1. The summed E-state index contributed by atoms with van der Waals surface area (Å²) in [5.41, 5.74) is 3.36. The van der Waals surface area contributed by atoms with Gasteiger partial charge in [0, 0.05) is 47.3 Å². The molecule has 2 aliphatic heterocycles. The van der Waals surface area contributed by atoms with E-state index in [1.807, 2.05) is 18.2 Å². The molecule has 1 N–H and O–H groups in total. The minimum atomic E-state index is -3.82. The Hall–Kier alpha value is -1.98. The number of nitrogens with zero attached hydrogens (tertiary/aromatic N) is 1. The average Bonchev–Trinajstić information content (AvgIpc) is 3.61. The van der Waals surface area contributed by atoms with Crippen LogP contribution in [0.5, 0.6) is 0 Å². The number of hydroxylamine groups is 1. The molecule has 206 valence electrons. The van der Waals surface area contributed by atoms with Crippen LogP contribution in [-0.2, 0) is 33.7 Å². The highest BCUT2D eigenvalue weighted by Gasteiger charge is 2.50. The van der Waals surface area contributed by atoms with Crippen LogP contribution >= 0.6 is 22.9 Å². The van der Waals surface area contributed by atoms with Crippen molar-refractivity contribution in [1.29, 1.82) is 0 Å². The number of rotatable bonds is 8. The van der Waals surface area contributed by atoms with Crippen LogP contribution in [0.15, 0.2) is 36.4 Å². The van der Waals surface area contributed by atoms with Gasteiger partial charge in [0.15, 0.2) is 16.1 Å². The number of halogens is 1. The molecule has 3 heterocycles. The molecule has 1 unspecified atom stereocenters. The smallest absolute Gasteiger partial charge is 0.245 e. The molecule has 5 rings (SSSR count). The van der Waals surface area contributed by atoms with Crippen molar-refractivity contribution in [3.8, 4) is 10.4 Å². The lowest BCUT2D eigenvalue weighted by molar-refractivity contribution is -0.200. The van der Waals surface area contributed by atoms with E-state index in [2.05, 4.69) is 5.48 Å². The highest BCUT2D eigenvalue weighted by atomic mass is 35.5. The van der Waals surface area contributed by atoms with Crippen LogP contribution in [0, 0.1) is 5.92 Å². The van der Waals surface area contributed by atoms with Gasteiger partial charge in [-0.25, -0.2) is 18.7 Å². The zero-order valence-electron chi connectivity index (χ0n) is 21.2. The molecule has 0 radical (unpaired) electrons. The third kappa shape index (κ3) is 6.25. The Kier molecular flexibility index (Phi) is 8.45. The zero-order chi connectivity index (χ0) is 26.8. The van der Waals surface area contributed by atoms with Crippen LogP contribution in [0.25, 0.3) is 10.4 Å². The van der Waals surface area contributed by atoms with E-state index in [9.17, 15) is 18.0 Å². The van der Waals surface area contributed by atoms with E-state index < -0.39 is 26.8 Å². The average molecular weight is 581 g/mol. The minimum Gasteiger partial charge on any atom is -0.350 e. The Morgan fingerprint density at radius 1 is 1.11 bits per heavy atom. The second kappa shape index (κ2) is 11.6. The zero-order valence-corrected chi connectivity index (χ0v) is 23.6. The van der Waals surface area contributed by atoms with E-state index >= 15 is 0 Å². The SMILES string of the molecule is O=C(C[C@]1(c2ccc(-c3ccc(Cl)cc3)s2)CCN(C(=O)CC2CC2)CCS1(=O)=O)NOC1CCCCO1. The predicted octanol–water partition coefficient (Wildman–Crippen LogP) is 4.68. The fourth-order valence-electron chi connectivity index (χ4n) is 5.10. The van der Waals surface area contributed by atoms with Gasteiger partial charge < -0.3 is 9.64 Å². The number of ether oxygens (including phenoxy) is 1. The maximum Gasteiger partial charge on any atom is 0.245 e. The number of sulfone groups is 1. The van der Waals surface area contributed by atoms with Gasteiger partial charge in [0.1, 0.15) is 4.75 Å². The lowest BCUT2D eigenvalue weighted by Crippen LogP contribution is -2.43. The van der Waals surface area contributed by atoms with Gasteiger partial charge >= 0.3 is 0 Å². The molecule has 3 fully saturated rings. The van der Waals surface area contributed by atoms with Gasteiger partial charge in [0.25, 0.3) is 0 Å². The fourth-order valence-corrected chi connectivity index (χ4v) is 8.84. The first-order chi connectivity index (χ1) is 18.3. The van der Waals surface area contributed by atoms with E-state index in [-0.39, 0.29) is 37.6 Å². The maximum atomic E-state index is 14.0. The van der Waals surface area contributed by atoms with Crippen LogP contribution in [-0.4, -0.2) is 56.9 Å². The number of carbonyl (C=O) groups excluding carboxylic acids is 2. The van der Waals surface area contributed by atoms with Gasteiger partial charge in [-0.2, -0.15) is 0 Å². The van der Waals surface area contributed by atoms with Crippen molar-refractivity contribution in [3.63, 3.8) is 0 Å². The molecule has 2 amide bonds. The minimum absolute atomic E-state index is 0.00577. The summed E-state index contributed by atoms with van der Waals surface area (Å²) >= 11 is 7.40. The second-order valence-electron chi connectivity index (χ2n) is 10.4. The Morgan fingerprint density at radius 3 is 2.61 bits per heavy atom. The first-order valence-corrected chi connectivity index (χ1v) is 16.0. The molecule has 2 atom stereocenters. The molecule has 1 aliphatic carbocycles. The maximum absolute atomic E-state index is 14.0. The van der Waals surface area contributed by atoms with Crippen LogP contribution in [0.2, 0.25) is 5.02 Å². The molecule has 3 aliphatic rings. The molecule has 0 spiro atoms. The van der Waals surface area contributed by atoms with Gasteiger partial charge in [-0.05, 0) is 67.9 Å². The summed E-state index contributed by atoms with van der Waals surface area (Å²) in [5.74, 6) is -0.315. The van der Waals surface area contributed by atoms with Crippen LogP contribution in [0.1, 0.15) is 56.2 Å². The summed E-state index contributed by atoms with van der Waals surface area (Å²) in [6, 6.07) is 11.0. The van der Waals surface area contributed by atoms with E-state index in [0.717, 1.165) is 36.1 Å². The lowest BCUT2D eigenvalue weighted by Gasteiger charge is -2.31. The van der Waals surface area contributed by atoms with Crippen molar-refractivity contribution >= 4 is 44.6 Å². The van der Waals surface area contributed by atoms with Gasteiger partial charge in [-0.3, -0.25) is 9.59 Å². The standard InChI is InChI=1S/C27H33ClN2O6S2/c28-21-8-6-20(7-9-21)22-10-11-23(37-22)27(18-24(31)29-36-26-3-1-2-15-35-26)12-13-30(14-16-38(27,33)34)25(32)17-19-4-5-19/h6-11,19,26H,1-5,12-18H2,(H,29,31)/t26?,27-/m0/s1. The number of benzene rings is 1. The van der Waals surface area contributed by atoms with Gasteiger partial charge in [0.2, 0.25) is 11.8 Å². The van der Waals surface area contributed by atoms with Gasteiger partial charge in [-0.15, -0.1) is 11.3 Å². The Labute approximate surface area is 232 Å². The first kappa shape index (κ1) is 27.6. The molecule has 1 saturated carbocycles. The van der Waals surface area contributed by atoms with E-state index in [1.165, 1.54) is 11.3 Å². The summed E-state index contributed by atoms with van der Waals surface area (Å²) in [7, 11) is -3.82. The third-order valence-electron chi connectivity index (χ3n) is 7.60. The molecule has 2 saturated heterocycles. The number of nitrogens with one attached hydrogen (secondary N) is 1. The quantitative estimate of drug-likeness (QED) is 0.455. The second-order valence-corrected chi connectivity index (χ2v) is 14.3. The Bertz CT molecular complexity index is 1250. The highest BCUT2D eigenvalue weighted by Crippen LogP contribution is 2.45. The number of thiophene rings is 1. The van der Waals surface area contributed by atoms with Crippen molar-refractivity contribution in [2.24, 2.45) is 5.92 Å². The van der Waals surface area contributed by atoms with Crippen molar-refractivity contribution in [3.05, 3.63) is 46.3 Å². The summed E-state index contributed by atoms with van der Waals surface area (Å²) in [5, 5.41) is 0.614. The first-order valence-electron chi connectivity index (χ1n) is 13.2. The largest absolute Gasteiger partial charge is 0.350 e. The lowest BCUT2D eigenvalue weighted by atomic mass is 9.97. The van der Waals surface area contributed by atoms with Crippen LogP contribution in [0.3, 0.4) is 0 Å². The summed E-state index contributed by atoms with van der Waals surface area (Å²) < 4.78 is 32.0. The highest BCUT2D eigenvalue weighted by molar-refractivity contribution is 7.92. The van der Waals surface area contributed by atoms with E-state index in [0.29, 0.717) is 35.3 Å². The molecule has 8 nitrogen and oxygen atoms in total. The van der Waals surface area contributed by atoms with Crippen molar-refractivity contribution in [1.82, 2.24) is 10.4 Å². The normalized spacial score (nSPS) is 25.5. The summed E-state index contributed by atoms with van der Waals surface area (Å²) in [4.78, 5) is 34.7. The van der Waals surface area contributed by atoms with Gasteiger partial charge in [-0.1, -0.05) is 23.7 Å². The molecule has 38 heavy (non-hydrogen) atoms. The van der Waals surface area contributed by atoms with E-state index in [1.54, 1.807) is 23.1 Å². The molecule has 11 heteroatoms. The van der Waals surface area contributed by atoms with E-state index in [4.69, 9.17) is 21.2 Å². The topological polar surface area (TPSA) is 102 Å². The third-order valence-corrected chi connectivity index (χ3v) is 11.8. The molecule has 0 bridgehead atoms. The van der Waals surface area contributed by atoms with Crippen molar-refractivity contribution in [2.75, 3.05) is 25.4 Å². The summed E-state index contributed by atoms with van der Waals surface area (Å²) in [6.07, 6.45) is 4.41. The number of hydrogen-bond acceptors (Lipinski definition) is 7. The molecule has 2 aromatic rings. The monoisotopic (exact) mass is 580 g/mol. The fraction of sp³-hybridized carbons (Fsp3) is 0.556. The summed E-state index contributed by atoms with van der Waals surface area (Å²) in [6.45, 7) is 0.976. The van der Waals surface area contributed by atoms with Gasteiger partial charge in [0.05, 0.1) is 12.2 Å². The van der Waals surface area contributed by atoms with Crippen LogP contribution < -0.4 is 5.48 Å². The number of amides is 2. The molecular formula is C27H33ClN2O6S2. The Balaban J connectivity index is 1.42. The predicted molar refractivity (Wildman–Crippen MR) is 146 cm³/mol. The van der Waals surface area contributed by atoms with Crippen LogP contribution in [0.4, 0.5) is 0 Å².